The topological polar surface area (TPSA) is 82.1 Å². The summed E-state index contributed by atoms with van der Waals surface area (Å²) >= 11 is 0. The Morgan fingerprint density at radius 2 is 2.19 bits per heavy atom. The van der Waals surface area contributed by atoms with E-state index in [2.05, 4.69) is 33.8 Å². The molecule has 3 heterocycles. The standard InChI is InChI=1S/C14H20N6O/c1-3-14(2)9-19(7-8-21-14)12-11(15)13(17-10-16-12)20-6-4-5-18-20/h4-6,10H,3,7-9,15H2,1-2H3. The normalized spacial score (nSPS) is 22.5. The molecule has 0 aromatic carbocycles. The minimum absolute atomic E-state index is 0.165. The van der Waals surface area contributed by atoms with Gasteiger partial charge in [-0.3, -0.25) is 0 Å². The molecular weight excluding hydrogens is 268 g/mol. The van der Waals surface area contributed by atoms with Crippen molar-refractivity contribution < 1.29 is 4.74 Å². The molecular formula is C14H20N6O. The molecule has 0 saturated carbocycles. The van der Waals surface area contributed by atoms with Gasteiger partial charge in [0.1, 0.15) is 12.0 Å². The lowest BCUT2D eigenvalue weighted by Crippen LogP contribution is -2.50. The van der Waals surface area contributed by atoms with Gasteiger partial charge in [0, 0.05) is 25.5 Å². The predicted octanol–water partition coefficient (Wildman–Crippen LogP) is 1.25. The third kappa shape index (κ3) is 2.56. The van der Waals surface area contributed by atoms with E-state index in [0.717, 1.165) is 25.3 Å². The van der Waals surface area contributed by atoms with E-state index in [-0.39, 0.29) is 5.60 Å². The van der Waals surface area contributed by atoms with E-state index in [1.165, 1.54) is 6.33 Å². The van der Waals surface area contributed by atoms with Gasteiger partial charge in [0.05, 0.1) is 12.2 Å². The Hall–Kier alpha value is -2.15. The summed E-state index contributed by atoms with van der Waals surface area (Å²) in [6.07, 6.45) is 5.99. The van der Waals surface area contributed by atoms with Crippen molar-refractivity contribution in [1.82, 2.24) is 19.7 Å². The molecule has 0 spiro atoms. The predicted molar refractivity (Wildman–Crippen MR) is 80.4 cm³/mol. The first-order chi connectivity index (χ1) is 10.1. The van der Waals surface area contributed by atoms with Crippen molar-refractivity contribution in [2.24, 2.45) is 0 Å². The van der Waals surface area contributed by atoms with Gasteiger partial charge in [-0.1, -0.05) is 6.92 Å². The largest absolute Gasteiger partial charge is 0.393 e. The zero-order valence-corrected chi connectivity index (χ0v) is 12.4. The van der Waals surface area contributed by atoms with E-state index < -0.39 is 0 Å². The number of aromatic nitrogens is 4. The maximum atomic E-state index is 6.27. The zero-order chi connectivity index (χ0) is 14.9. The van der Waals surface area contributed by atoms with Crippen LogP contribution in [0, 0.1) is 0 Å². The molecule has 2 aromatic rings. The van der Waals surface area contributed by atoms with Crippen molar-refractivity contribution in [1.29, 1.82) is 0 Å². The van der Waals surface area contributed by atoms with E-state index in [4.69, 9.17) is 10.5 Å². The number of hydrogen-bond donors (Lipinski definition) is 1. The van der Waals surface area contributed by atoms with Gasteiger partial charge in [0.25, 0.3) is 0 Å². The molecule has 0 radical (unpaired) electrons. The van der Waals surface area contributed by atoms with E-state index in [9.17, 15) is 0 Å². The van der Waals surface area contributed by atoms with Gasteiger partial charge < -0.3 is 15.4 Å². The molecule has 3 rings (SSSR count). The lowest BCUT2D eigenvalue weighted by Gasteiger charge is -2.40. The maximum Gasteiger partial charge on any atom is 0.181 e. The minimum Gasteiger partial charge on any atom is -0.393 e. The summed E-state index contributed by atoms with van der Waals surface area (Å²) in [5.74, 6) is 1.35. The van der Waals surface area contributed by atoms with Gasteiger partial charge in [-0.05, 0) is 19.4 Å². The van der Waals surface area contributed by atoms with Crippen LogP contribution in [0.5, 0.6) is 0 Å². The molecule has 7 nitrogen and oxygen atoms in total. The van der Waals surface area contributed by atoms with E-state index in [0.29, 0.717) is 18.1 Å². The van der Waals surface area contributed by atoms with E-state index in [1.54, 1.807) is 10.9 Å². The van der Waals surface area contributed by atoms with Gasteiger partial charge in [-0.25, -0.2) is 14.6 Å². The number of ether oxygens (including phenoxy) is 1. The molecule has 1 unspecified atom stereocenters. The molecule has 2 N–H and O–H groups in total. The average Bonchev–Trinajstić information content (AvgIpc) is 3.01. The van der Waals surface area contributed by atoms with Crippen molar-refractivity contribution in [3.05, 3.63) is 24.8 Å². The Morgan fingerprint density at radius 3 is 2.90 bits per heavy atom. The Kier molecular flexibility index (Phi) is 3.50. The third-order valence-electron chi connectivity index (χ3n) is 3.95. The first-order valence-electron chi connectivity index (χ1n) is 7.12. The van der Waals surface area contributed by atoms with Crippen LogP contribution in [0.1, 0.15) is 20.3 Å². The van der Waals surface area contributed by atoms with Crippen molar-refractivity contribution in [2.75, 3.05) is 30.3 Å². The molecule has 1 atom stereocenters. The Balaban J connectivity index is 1.94. The molecule has 112 valence electrons. The summed E-state index contributed by atoms with van der Waals surface area (Å²) in [5.41, 5.74) is 6.65. The number of nitrogens with zero attached hydrogens (tertiary/aromatic N) is 5. The number of nitrogens with two attached hydrogens (primary N) is 1. The monoisotopic (exact) mass is 288 g/mol. The first-order valence-corrected chi connectivity index (χ1v) is 7.12. The molecule has 21 heavy (non-hydrogen) atoms. The van der Waals surface area contributed by atoms with Gasteiger partial charge in [-0.2, -0.15) is 5.10 Å². The van der Waals surface area contributed by atoms with Gasteiger partial charge >= 0.3 is 0 Å². The van der Waals surface area contributed by atoms with Crippen LogP contribution in [0.4, 0.5) is 11.5 Å². The summed E-state index contributed by atoms with van der Waals surface area (Å²) in [6, 6.07) is 1.84. The second kappa shape index (κ2) is 5.33. The van der Waals surface area contributed by atoms with Crippen molar-refractivity contribution in [2.45, 2.75) is 25.9 Å². The number of nitrogen functional groups attached to an aromatic ring is 1. The minimum atomic E-state index is -0.165. The van der Waals surface area contributed by atoms with Crippen molar-refractivity contribution in [3.8, 4) is 5.82 Å². The Labute approximate surface area is 123 Å². The highest BCUT2D eigenvalue weighted by molar-refractivity contribution is 5.70. The van der Waals surface area contributed by atoms with Crippen LogP contribution >= 0.6 is 0 Å². The molecule has 0 bridgehead atoms. The summed E-state index contributed by atoms with van der Waals surface area (Å²) in [4.78, 5) is 10.8. The number of morpholine rings is 1. The maximum absolute atomic E-state index is 6.27. The SMILES string of the molecule is CCC1(C)CN(c2ncnc(-n3cccn3)c2N)CCO1. The highest BCUT2D eigenvalue weighted by Gasteiger charge is 2.32. The van der Waals surface area contributed by atoms with Crippen molar-refractivity contribution in [3.63, 3.8) is 0 Å². The van der Waals surface area contributed by atoms with Crippen molar-refractivity contribution >= 4 is 11.5 Å². The van der Waals surface area contributed by atoms with Crippen LogP contribution in [-0.2, 0) is 4.74 Å². The lowest BCUT2D eigenvalue weighted by molar-refractivity contribution is -0.0442. The van der Waals surface area contributed by atoms with Crippen LogP contribution < -0.4 is 10.6 Å². The third-order valence-corrected chi connectivity index (χ3v) is 3.95. The van der Waals surface area contributed by atoms with E-state index in [1.807, 2.05) is 12.3 Å². The Bertz CT molecular complexity index is 614. The molecule has 1 saturated heterocycles. The van der Waals surface area contributed by atoms with Gasteiger partial charge in [-0.15, -0.1) is 0 Å². The molecule has 0 aliphatic carbocycles. The average molecular weight is 288 g/mol. The van der Waals surface area contributed by atoms with Crippen LogP contribution in [-0.4, -0.2) is 45.0 Å². The van der Waals surface area contributed by atoms with Crippen LogP contribution in [0.25, 0.3) is 5.82 Å². The fraction of sp³-hybridized carbons (Fsp3) is 0.500. The van der Waals surface area contributed by atoms with Crippen LogP contribution in [0.15, 0.2) is 24.8 Å². The molecule has 1 aliphatic heterocycles. The number of anilines is 2. The highest BCUT2D eigenvalue weighted by atomic mass is 16.5. The second-order valence-electron chi connectivity index (χ2n) is 5.46. The molecule has 2 aromatic heterocycles. The molecule has 0 amide bonds. The van der Waals surface area contributed by atoms with Gasteiger partial charge in [0.15, 0.2) is 11.6 Å². The van der Waals surface area contributed by atoms with E-state index >= 15 is 0 Å². The van der Waals surface area contributed by atoms with Gasteiger partial charge in [0.2, 0.25) is 0 Å². The fourth-order valence-electron chi connectivity index (χ4n) is 2.53. The Morgan fingerprint density at radius 1 is 1.38 bits per heavy atom. The smallest absolute Gasteiger partial charge is 0.181 e. The van der Waals surface area contributed by atoms with Crippen LogP contribution in [0.2, 0.25) is 0 Å². The number of hydrogen-bond acceptors (Lipinski definition) is 6. The highest BCUT2D eigenvalue weighted by Crippen LogP contribution is 2.29. The quantitative estimate of drug-likeness (QED) is 0.915. The zero-order valence-electron chi connectivity index (χ0n) is 12.4. The lowest BCUT2D eigenvalue weighted by atomic mass is 10.0. The molecule has 7 heteroatoms. The molecule has 1 aliphatic rings. The number of rotatable bonds is 3. The second-order valence-corrected chi connectivity index (χ2v) is 5.46. The summed E-state index contributed by atoms with van der Waals surface area (Å²) in [7, 11) is 0. The summed E-state index contributed by atoms with van der Waals surface area (Å²) < 4.78 is 7.52. The molecule has 1 fully saturated rings. The van der Waals surface area contributed by atoms with Crippen LogP contribution in [0.3, 0.4) is 0 Å². The first kappa shape index (κ1) is 13.8. The summed E-state index contributed by atoms with van der Waals surface area (Å²) in [6.45, 7) is 6.45. The summed E-state index contributed by atoms with van der Waals surface area (Å²) in [5, 5.41) is 4.18. The fourth-order valence-corrected chi connectivity index (χ4v) is 2.53.